The van der Waals surface area contributed by atoms with Gasteiger partial charge in [0, 0.05) is 33.6 Å². The standard InChI is InChI=1S/C11H18BrN5O/c1-4-13-10-9(12)11(16-7-15-10)14-6-5-8(18)17(2)3/h7H,4-6H2,1-3H3,(H2,13,14,15,16). The van der Waals surface area contributed by atoms with E-state index < -0.39 is 0 Å². The summed E-state index contributed by atoms with van der Waals surface area (Å²) in [5.74, 6) is 1.51. The fourth-order valence-electron chi connectivity index (χ4n) is 1.30. The molecule has 0 saturated carbocycles. The Hall–Kier alpha value is -1.37. The van der Waals surface area contributed by atoms with Crippen LogP contribution >= 0.6 is 15.9 Å². The van der Waals surface area contributed by atoms with Gasteiger partial charge in [0.15, 0.2) is 0 Å². The molecule has 18 heavy (non-hydrogen) atoms. The number of hydrogen-bond donors (Lipinski definition) is 2. The molecule has 0 spiro atoms. The Morgan fingerprint density at radius 2 is 1.94 bits per heavy atom. The van der Waals surface area contributed by atoms with Gasteiger partial charge in [-0.3, -0.25) is 4.79 Å². The number of aromatic nitrogens is 2. The number of rotatable bonds is 6. The minimum atomic E-state index is 0.0829. The lowest BCUT2D eigenvalue weighted by atomic mass is 10.3. The molecule has 0 radical (unpaired) electrons. The van der Waals surface area contributed by atoms with Crippen LogP contribution in [0.5, 0.6) is 0 Å². The second-order valence-electron chi connectivity index (χ2n) is 3.88. The summed E-state index contributed by atoms with van der Waals surface area (Å²) in [6.45, 7) is 3.32. The van der Waals surface area contributed by atoms with Crippen LogP contribution in [0.1, 0.15) is 13.3 Å². The van der Waals surface area contributed by atoms with E-state index in [1.165, 1.54) is 6.33 Å². The predicted molar refractivity (Wildman–Crippen MR) is 75.7 cm³/mol. The SMILES string of the molecule is CCNc1ncnc(NCCC(=O)N(C)C)c1Br. The number of anilines is 2. The summed E-state index contributed by atoms with van der Waals surface area (Å²) in [6, 6.07) is 0. The summed E-state index contributed by atoms with van der Waals surface area (Å²) in [6.07, 6.45) is 1.92. The lowest BCUT2D eigenvalue weighted by Crippen LogP contribution is -2.24. The summed E-state index contributed by atoms with van der Waals surface area (Å²) in [7, 11) is 3.48. The van der Waals surface area contributed by atoms with E-state index in [1.807, 2.05) is 6.92 Å². The first kappa shape index (κ1) is 14.7. The fraction of sp³-hybridized carbons (Fsp3) is 0.545. The Bertz CT molecular complexity index is 410. The highest BCUT2D eigenvalue weighted by Crippen LogP contribution is 2.26. The van der Waals surface area contributed by atoms with Crippen LogP contribution in [0.25, 0.3) is 0 Å². The van der Waals surface area contributed by atoms with Gasteiger partial charge in [-0.1, -0.05) is 0 Å². The highest BCUT2D eigenvalue weighted by molar-refractivity contribution is 9.10. The summed E-state index contributed by atoms with van der Waals surface area (Å²) in [5.41, 5.74) is 0. The first-order chi connectivity index (χ1) is 8.56. The molecule has 100 valence electrons. The second-order valence-corrected chi connectivity index (χ2v) is 4.67. The largest absolute Gasteiger partial charge is 0.369 e. The van der Waals surface area contributed by atoms with E-state index >= 15 is 0 Å². The maximum absolute atomic E-state index is 11.4. The van der Waals surface area contributed by atoms with Gasteiger partial charge >= 0.3 is 0 Å². The molecule has 0 atom stereocenters. The summed E-state index contributed by atoms with van der Waals surface area (Å²) >= 11 is 3.43. The van der Waals surface area contributed by atoms with Gasteiger partial charge in [-0.25, -0.2) is 9.97 Å². The van der Waals surface area contributed by atoms with Crippen LogP contribution in [-0.2, 0) is 4.79 Å². The number of hydrogen-bond acceptors (Lipinski definition) is 5. The van der Waals surface area contributed by atoms with E-state index in [1.54, 1.807) is 19.0 Å². The van der Waals surface area contributed by atoms with Gasteiger partial charge in [0.2, 0.25) is 5.91 Å². The Morgan fingerprint density at radius 3 is 2.50 bits per heavy atom. The van der Waals surface area contributed by atoms with Crippen molar-refractivity contribution in [3.63, 3.8) is 0 Å². The monoisotopic (exact) mass is 315 g/mol. The van der Waals surface area contributed by atoms with Crippen molar-refractivity contribution in [1.82, 2.24) is 14.9 Å². The minimum absolute atomic E-state index is 0.0829. The summed E-state index contributed by atoms with van der Waals surface area (Å²) < 4.78 is 0.782. The third kappa shape index (κ3) is 4.14. The molecule has 0 aliphatic heterocycles. The Balaban J connectivity index is 2.57. The van der Waals surface area contributed by atoms with Gasteiger partial charge in [-0.15, -0.1) is 0 Å². The third-order valence-electron chi connectivity index (χ3n) is 2.26. The number of carbonyl (C=O) groups is 1. The summed E-state index contributed by atoms with van der Waals surface area (Å²) in [5, 5.41) is 6.23. The predicted octanol–water partition coefficient (Wildman–Crippen LogP) is 1.56. The highest BCUT2D eigenvalue weighted by Gasteiger charge is 2.08. The molecule has 0 aliphatic rings. The van der Waals surface area contributed by atoms with Crippen molar-refractivity contribution < 1.29 is 4.79 Å². The zero-order valence-electron chi connectivity index (χ0n) is 10.8. The summed E-state index contributed by atoms with van der Waals surface area (Å²) in [4.78, 5) is 21.2. The first-order valence-electron chi connectivity index (χ1n) is 5.74. The molecule has 0 aromatic carbocycles. The Morgan fingerprint density at radius 1 is 1.33 bits per heavy atom. The number of amides is 1. The van der Waals surface area contributed by atoms with E-state index in [4.69, 9.17) is 0 Å². The molecule has 0 aliphatic carbocycles. The Labute approximate surface area is 115 Å². The van der Waals surface area contributed by atoms with Crippen molar-refractivity contribution in [1.29, 1.82) is 0 Å². The average molecular weight is 316 g/mol. The van der Waals surface area contributed by atoms with Crippen LogP contribution in [0.2, 0.25) is 0 Å². The van der Waals surface area contributed by atoms with Crippen LogP contribution in [0, 0.1) is 0 Å². The van der Waals surface area contributed by atoms with Gasteiger partial charge in [-0.2, -0.15) is 0 Å². The van der Waals surface area contributed by atoms with E-state index in [-0.39, 0.29) is 5.91 Å². The van der Waals surface area contributed by atoms with Crippen LogP contribution < -0.4 is 10.6 Å². The molecule has 0 bridgehead atoms. The maximum atomic E-state index is 11.4. The van der Waals surface area contributed by atoms with Crippen LogP contribution in [0.15, 0.2) is 10.8 Å². The molecule has 7 heteroatoms. The average Bonchev–Trinajstić information content (AvgIpc) is 2.33. The zero-order valence-corrected chi connectivity index (χ0v) is 12.4. The lowest BCUT2D eigenvalue weighted by Gasteiger charge is -2.12. The maximum Gasteiger partial charge on any atom is 0.223 e. The number of halogens is 1. The number of carbonyl (C=O) groups excluding carboxylic acids is 1. The van der Waals surface area contributed by atoms with Gasteiger partial charge in [0.25, 0.3) is 0 Å². The van der Waals surface area contributed by atoms with Gasteiger partial charge < -0.3 is 15.5 Å². The molecule has 1 heterocycles. The van der Waals surface area contributed by atoms with Crippen LogP contribution in [0.3, 0.4) is 0 Å². The molecule has 1 aromatic rings. The van der Waals surface area contributed by atoms with E-state index in [0.29, 0.717) is 18.8 Å². The number of nitrogens with zero attached hydrogens (tertiary/aromatic N) is 3. The highest BCUT2D eigenvalue weighted by atomic mass is 79.9. The van der Waals surface area contributed by atoms with Crippen molar-refractivity contribution in [3.05, 3.63) is 10.8 Å². The number of nitrogens with one attached hydrogen (secondary N) is 2. The van der Waals surface area contributed by atoms with Gasteiger partial charge in [0.05, 0.1) is 0 Å². The molecule has 1 amide bonds. The van der Waals surface area contributed by atoms with Crippen LogP contribution in [0.4, 0.5) is 11.6 Å². The topological polar surface area (TPSA) is 70.1 Å². The first-order valence-corrected chi connectivity index (χ1v) is 6.54. The smallest absolute Gasteiger partial charge is 0.223 e. The third-order valence-corrected chi connectivity index (χ3v) is 3.01. The van der Waals surface area contributed by atoms with Gasteiger partial charge in [-0.05, 0) is 22.9 Å². The molecule has 0 saturated heterocycles. The van der Waals surface area contributed by atoms with Gasteiger partial charge in [0.1, 0.15) is 22.4 Å². The van der Waals surface area contributed by atoms with Crippen LogP contribution in [-0.4, -0.2) is 48.0 Å². The quantitative estimate of drug-likeness (QED) is 0.833. The molecular weight excluding hydrogens is 298 g/mol. The van der Waals surface area contributed by atoms with Crippen molar-refractivity contribution in [3.8, 4) is 0 Å². The lowest BCUT2D eigenvalue weighted by molar-refractivity contribution is -0.128. The van der Waals surface area contributed by atoms with Crippen molar-refractivity contribution in [2.75, 3.05) is 37.8 Å². The fourth-order valence-corrected chi connectivity index (χ4v) is 1.78. The molecule has 1 rings (SSSR count). The van der Waals surface area contributed by atoms with Crippen molar-refractivity contribution in [2.24, 2.45) is 0 Å². The molecule has 6 nitrogen and oxygen atoms in total. The van der Waals surface area contributed by atoms with E-state index in [2.05, 4.69) is 36.5 Å². The van der Waals surface area contributed by atoms with Crippen molar-refractivity contribution >= 4 is 33.5 Å². The second kappa shape index (κ2) is 7.15. The normalized spacial score (nSPS) is 10.0. The molecular formula is C11H18BrN5O. The van der Waals surface area contributed by atoms with E-state index in [9.17, 15) is 4.79 Å². The zero-order chi connectivity index (χ0) is 13.5. The minimum Gasteiger partial charge on any atom is -0.369 e. The Kier molecular flexibility index (Phi) is 5.84. The molecule has 2 N–H and O–H groups in total. The van der Waals surface area contributed by atoms with E-state index in [0.717, 1.165) is 16.8 Å². The van der Waals surface area contributed by atoms with Crippen molar-refractivity contribution in [2.45, 2.75) is 13.3 Å². The molecule has 0 unspecified atom stereocenters. The molecule has 0 fully saturated rings. The molecule has 1 aromatic heterocycles.